The first kappa shape index (κ1) is 11.5. The second-order valence-corrected chi connectivity index (χ2v) is 5.72. The van der Waals surface area contributed by atoms with Crippen LogP contribution in [0.15, 0.2) is 30.3 Å². The van der Waals surface area contributed by atoms with Crippen LogP contribution in [0, 0.1) is 0 Å². The van der Waals surface area contributed by atoms with Gasteiger partial charge < -0.3 is 0 Å². The Kier molecular flexibility index (Phi) is 3.25. The van der Waals surface area contributed by atoms with Crippen molar-refractivity contribution in [2.24, 2.45) is 0 Å². The molecule has 1 saturated heterocycles. The molecule has 3 nitrogen and oxygen atoms in total. The molecule has 0 radical (unpaired) electrons. The molecule has 5 heteroatoms. The molecular weight excluding hydrogens is 229 g/mol. The first-order chi connectivity index (χ1) is 7.55. The Labute approximate surface area is 95.1 Å². The summed E-state index contributed by atoms with van der Waals surface area (Å²) in [5.41, 5.74) is 1.12. The SMILES string of the molecule is O=S(=O)(F)[C@@H]1CCN(Cc2ccccc2)C1. The van der Waals surface area contributed by atoms with Gasteiger partial charge in [0.15, 0.2) is 0 Å². The highest BCUT2D eigenvalue weighted by Gasteiger charge is 2.32. The van der Waals surface area contributed by atoms with Crippen molar-refractivity contribution in [2.45, 2.75) is 18.2 Å². The molecule has 0 N–H and O–H groups in total. The predicted octanol–water partition coefficient (Wildman–Crippen LogP) is 1.56. The lowest BCUT2D eigenvalue weighted by Crippen LogP contribution is -2.24. The number of halogens is 1. The van der Waals surface area contributed by atoms with Crippen LogP contribution in [0.4, 0.5) is 3.89 Å². The standard InChI is InChI=1S/C11H14FNO2S/c12-16(14,15)11-6-7-13(9-11)8-10-4-2-1-3-5-10/h1-5,11H,6-9H2/t11-/m1/s1. The molecule has 0 unspecified atom stereocenters. The lowest BCUT2D eigenvalue weighted by Gasteiger charge is -2.14. The normalized spacial score (nSPS) is 22.4. The minimum Gasteiger partial charge on any atom is -0.298 e. The molecule has 0 aromatic heterocycles. The van der Waals surface area contributed by atoms with E-state index in [2.05, 4.69) is 0 Å². The molecule has 0 aliphatic carbocycles. The van der Waals surface area contributed by atoms with Gasteiger partial charge >= 0.3 is 10.2 Å². The molecule has 1 aliphatic heterocycles. The third kappa shape index (κ3) is 2.80. The summed E-state index contributed by atoms with van der Waals surface area (Å²) in [5.74, 6) is 0. The van der Waals surface area contributed by atoms with Crippen molar-refractivity contribution in [3.63, 3.8) is 0 Å². The van der Waals surface area contributed by atoms with Crippen LogP contribution in [0.3, 0.4) is 0 Å². The van der Waals surface area contributed by atoms with Gasteiger partial charge in [0.25, 0.3) is 0 Å². The van der Waals surface area contributed by atoms with Gasteiger partial charge in [-0.2, -0.15) is 8.42 Å². The molecule has 16 heavy (non-hydrogen) atoms. The lowest BCUT2D eigenvalue weighted by molar-refractivity contribution is 0.331. The Morgan fingerprint density at radius 1 is 1.31 bits per heavy atom. The summed E-state index contributed by atoms with van der Waals surface area (Å²) in [4.78, 5) is 1.97. The maximum Gasteiger partial charge on any atom is 0.306 e. The number of rotatable bonds is 3. The molecule has 0 spiro atoms. The average molecular weight is 243 g/mol. The minimum absolute atomic E-state index is 0.299. The molecule has 1 atom stereocenters. The molecule has 0 bridgehead atoms. The highest BCUT2D eigenvalue weighted by molar-refractivity contribution is 7.87. The fourth-order valence-electron chi connectivity index (χ4n) is 2.01. The molecule has 0 saturated carbocycles. The third-order valence-electron chi connectivity index (χ3n) is 2.88. The van der Waals surface area contributed by atoms with Crippen molar-refractivity contribution in [3.8, 4) is 0 Å². The van der Waals surface area contributed by atoms with E-state index in [4.69, 9.17) is 0 Å². The second kappa shape index (κ2) is 4.51. The monoisotopic (exact) mass is 243 g/mol. The van der Waals surface area contributed by atoms with Gasteiger partial charge in [-0.15, -0.1) is 3.89 Å². The summed E-state index contributed by atoms with van der Waals surface area (Å²) in [6, 6.07) is 9.78. The van der Waals surface area contributed by atoms with Crippen molar-refractivity contribution in [2.75, 3.05) is 13.1 Å². The Morgan fingerprint density at radius 3 is 2.56 bits per heavy atom. The van der Waals surface area contributed by atoms with Gasteiger partial charge in [0.2, 0.25) is 0 Å². The number of hydrogen-bond acceptors (Lipinski definition) is 3. The summed E-state index contributed by atoms with van der Waals surface area (Å²) in [6.45, 7) is 1.63. The van der Waals surface area contributed by atoms with Crippen LogP contribution in [-0.4, -0.2) is 31.7 Å². The molecule has 88 valence electrons. The smallest absolute Gasteiger partial charge is 0.298 e. The van der Waals surface area contributed by atoms with E-state index in [-0.39, 0.29) is 0 Å². The quantitative estimate of drug-likeness (QED) is 0.756. The van der Waals surface area contributed by atoms with Gasteiger partial charge in [-0.25, -0.2) is 0 Å². The van der Waals surface area contributed by atoms with E-state index < -0.39 is 15.5 Å². The zero-order valence-corrected chi connectivity index (χ0v) is 9.66. The highest BCUT2D eigenvalue weighted by atomic mass is 32.3. The van der Waals surface area contributed by atoms with E-state index in [1.807, 2.05) is 35.2 Å². The van der Waals surface area contributed by atoms with Gasteiger partial charge in [0.05, 0.1) is 0 Å². The fraction of sp³-hybridized carbons (Fsp3) is 0.455. The average Bonchev–Trinajstić information content (AvgIpc) is 2.67. The van der Waals surface area contributed by atoms with Crippen LogP contribution in [0.2, 0.25) is 0 Å². The predicted molar refractivity (Wildman–Crippen MR) is 60.2 cm³/mol. The molecule has 1 aromatic carbocycles. The van der Waals surface area contributed by atoms with Crippen molar-refractivity contribution in [1.29, 1.82) is 0 Å². The molecule has 0 amide bonds. The van der Waals surface area contributed by atoms with Gasteiger partial charge in [-0.3, -0.25) is 4.90 Å². The number of nitrogens with zero attached hydrogens (tertiary/aromatic N) is 1. The van der Waals surface area contributed by atoms with Gasteiger partial charge in [0.1, 0.15) is 5.25 Å². The largest absolute Gasteiger partial charge is 0.306 e. The molecular formula is C11H14FNO2S. The first-order valence-corrected chi connectivity index (χ1v) is 6.70. The van der Waals surface area contributed by atoms with Crippen LogP contribution < -0.4 is 0 Å². The van der Waals surface area contributed by atoms with Gasteiger partial charge in [0, 0.05) is 13.1 Å². The lowest BCUT2D eigenvalue weighted by atomic mass is 10.2. The zero-order chi connectivity index (χ0) is 11.6. The molecule has 1 aromatic rings. The first-order valence-electron chi connectivity index (χ1n) is 5.25. The van der Waals surface area contributed by atoms with E-state index in [9.17, 15) is 12.3 Å². The maximum absolute atomic E-state index is 12.8. The molecule has 1 heterocycles. The van der Waals surface area contributed by atoms with Gasteiger partial charge in [-0.1, -0.05) is 30.3 Å². The summed E-state index contributed by atoms with van der Waals surface area (Å²) in [5, 5.41) is -0.837. The van der Waals surface area contributed by atoms with Crippen molar-refractivity contribution in [1.82, 2.24) is 4.90 Å². The van der Waals surface area contributed by atoms with E-state index in [0.717, 1.165) is 5.56 Å². The molecule has 1 fully saturated rings. The molecule has 1 aliphatic rings. The van der Waals surface area contributed by atoms with Crippen LogP contribution >= 0.6 is 0 Å². The summed E-state index contributed by atoms with van der Waals surface area (Å²) in [6.07, 6.45) is 0.395. The van der Waals surface area contributed by atoms with Crippen molar-refractivity contribution in [3.05, 3.63) is 35.9 Å². The Bertz CT molecular complexity index is 446. The van der Waals surface area contributed by atoms with Crippen LogP contribution in [-0.2, 0) is 16.8 Å². The second-order valence-electron chi connectivity index (χ2n) is 4.11. The Hall–Kier alpha value is -0.940. The van der Waals surface area contributed by atoms with E-state index in [1.54, 1.807) is 0 Å². The summed E-state index contributed by atoms with van der Waals surface area (Å²) in [7, 11) is -4.37. The van der Waals surface area contributed by atoms with E-state index >= 15 is 0 Å². The van der Waals surface area contributed by atoms with Crippen LogP contribution in [0.5, 0.6) is 0 Å². The number of hydrogen-bond donors (Lipinski definition) is 0. The number of likely N-dealkylation sites (tertiary alicyclic amines) is 1. The fourth-order valence-corrected chi connectivity index (χ4v) is 2.79. The Morgan fingerprint density at radius 2 is 2.00 bits per heavy atom. The Balaban J connectivity index is 1.96. The van der Waals surface area contributed by atoms with Crippen LogP contribution in [0.1, 0.15) is 12.0 Å². The summed E-state index contributed by atoms with van der Waals surface area (Å²) >= 11 is 0. The minimum atomic E-state index is -4.37. The number of benzene rings is 1. The van der Waals surface area contributed by atoms with Crippen molar-refractivity contribution >= 4 is 10.2 Å². The van der Waals surface area contributed by atoms with E-state index in [1.165, 1.54) is 0 Å². The third-order valence-corrected chi connectivity index (χ3v) is 4.06. The van der Waals surface area contributed by atoms with E-state index in [0.29, 0.717) is 26.1 Å². The highest BCUT2D eigenvalue weighted by Crippen LogP contribution is 2.20. The van der Waals surface area contributed by atoms with Gasteiger partial charge in [-0.05, 0) is 18.5 Å². The van der Waals surface area contributed by atoms with Crippen LogP contribution in [0.25, 0.3) is 0 Å². The summed E-state index contributed by atoms with van der Waals surface area (Å²) < 4.78 is 34.2. The van der Waals surface area contributed by atoms with Crippen molar-refractivity contribution < 1.29 is 12.3 Å². The maximum atomic E-state index is 12.8. The topological polar surface area (TPSA) is 37.4 Å². The zero-order valence-electron chi connectivity index (χ0n) is 8.84. The molecule has 2 rings (SSSR count).